The van der Waals surface area contributed by atoms with Crippen molar-refractivity contribution in [3.05, 3.63) is 0 Å². The Morgan fingerprint density at radius 3 is 2.82 bits per heavy atom. The van der Waals surface area contributed by atoms with Gasteiger partial charge in [-0.25, -0.2) is 0 Å². The summed E-state index contributed by atoms with van der Waals surface area (Å²) in [6, 6.07) is 0.583. The van der Waals surface area contributed by atoms with Crippen LogP contribution in [0.3, 0.4) is 0 Å². The maximum atomic E-state index is 10.7. The predicted molar refractivity (Wildman–Crippen MR) is 43.3 cm³/mol. The van der Waals surface area contributed by atoms with Crippen LogP contribution >= 0.6 is 0 Å². The molecule has 0 radical (unpaired) electrons. The molecule has 1 heterocycles. The molecule has 1 saturated heterocycles. The number of carbonyl (C=O) groups excluding carboxylic acids is 1. The van der Waals surface area contributed by atoms with E-state index >= 15 is 0 Å². The van der Waals surface area contributed by atoms with Gasteiger partial charge in [0.2, 0.25) is 5.91 Å². The van der Waals surface area contributed by atoms with Gasteiger partial charge in [-0.05, 0) is 0 Å². The van der Waals surface area contributed by atoms with Crippen LogP contribution in [0.25, 0.3) is 0 Å². The van der Waals surface area contributed by atoms with E-state index in [9.17, 15) is 4.79 Å². The van der Waals surface area contributed by atoms with E-state index in [4.69, 9.17) is 0 Å². The highest BCUT2D eigenvalue weighted by Gasteiger charge is 2.14. The zero-order valence-electron chi connectivity index (χ0n) is 6.81. The van der Waals surface area contributed by atoms with Crippen molar-refractivity contribution in [3.8, 4) is 0 Å². The van der Waals surface area contributed by atoms with Gasteiger partial charge in [0, 0.05) is 39.1 Å². The summed E-state index contributed by atoms with van der Waals surface area (Å²) in [5.41, 5.74) is 0. The van der Waals surface area contributed by atoms with Gasteiger partial charge in [0.15, 0.2) is 0 Å². The molecule has 0 aromatic heterocycles. The average molecular weight is 157 g/mol. The van der Waals surface area contributed by atoms with Crippen molar-refractivity contribution < 1.29 is 4.79 Å². The molecule has 0 aliphatic carbocycles. The fraction of sp³-hybridized carbons (Fsp3) is 0.857. The Hall–Kier alpha value is -0.610. The van der Waals surface area contributed by atoms with Crippen molar-refractivity contribution in [2.75, 3.05) is 26.7 Å². The molecular weight excluding hydrogens is 142 g/mol. The van der Waals surface area contributed by atoms with Crippen molar-refractivity contribution in [1.82, 2.24) is 16.0 Å². The summed E-state index contributed by atoms with van der Waals surface area (Å²) in [6.45, 7) is 2.85. The van der Waals surface area contributed by atoms with Crippen LogP contribution in [0.4, 0.5) is 0 Å². The number of amides is 1. The number of hydrogen-bond acceptors (Lipinski definition) is 3. The van der Waals surface area contributed by atoms with Crippen LogP contribution in [-0.2, 0) is 4.79 Å². The molecule has 1 amide bonds. The van der Waals surface area contributed by atoms with E-state index in [1.54, 1.807) is 7.05 Å². The molecule has 0 spiro atoms. The zero-order chi connectivity index (χ0) is 8.10. The monoisotopic (exact) mass is 157 g/mol. The Morgan fingerprint density at radius 1 is 1.64 bits per heavy atom. The molecule has 0 aromatic rings. The molecular formula is C7H15N3O. The maximum absolute atomic E-state index is 10.7. The average Bonchev–Trinajstić information content (AvgIpc) is 1.94. The fourth-order valence-corrected chi connectivity index (χ4v) is 0.948. The highest BCUT2D eigenvalue weighted by molar-refractivity contribution is 5.75. The van der Waals surface area contributed by atoms with Gasteiger partial charge in [-0.15, -0.1) is 0 Å². The molecule has 1 rings (SSSR count). The van der Waals surface area contributed by atoms with Gasteiger partial charge in [-0.3, -0.25) is 4.79 Å². The molecule has 1 aliphatic rings. The number of rotatable bonds is 4. The molecule has 0 aromatic carbocycles. The van der Waals surface area contributed by atoms with Gasteiger partial charge in [-0.2, -0.15) is 0 Å². The third-order valence-electron chi connectivity index (χ3n) is 1.85. The predicted octanol–water partition coefficient (Wildman–Crippen LogP) is -1.32. The molecule has 3 N–H and O–H groups in total. The van der Waals surface area contributed by atoms with E-state index in [1.807, 2.05) is 0 Å². The summed E-state index contributed by atoms with van der Waals surface area (Å²) in [4.78, 5) is 10.7. The van der Waals surface area contributed by atoms with Crippen molar-refractivity contribution in [2.45, 2.75) is 12.5 Å². The van der Waals surface area contributed by atoms with Crippen LogP contribution in [0.15, 0.2) is 0 Å². The van der Waals surface area contributed by atoms with Crippen LogP contribution in [-0.4, -0.2) is 38.6 Å². The molecule has 4 heteroatoms. The molecule has 4 nitrogen and oxygen atoms in total. The molecule has 1 fully saturated rings. The summed E-state index contributed by atoms with van der Waals surface area (Å²) in [5, 5.41) is 8.99. The lowest BCUT2D eigenvalue weighted by molar-refractivity contribution is -0.120. The first-order chi connectivity index (χ1) is 5.33. The quantitative estimate of drug-likeness (QED) is 0.474. The van der Waals surface area contributed by atoms with Crippen LogP contribution in [0, 0.1) is 0 Å². The van der Waals surface area contributed by atoms with E-state index in [2.05, 4.69) is 16.0 Å². The summed E-state index contributed by atoms with van der Waals surface area (Å²) in [5.74, 6) is 0.102. The zero-order valence-corrected chi connectivity index (χ0v) is 6.81. The van der Waals surface area contributed by atoms with E-state index in [1.165, 1.54) is 0 Å². The normalized spacial score (nSPS) is 17.5. The third-order valence-corrected chi connectivity index (χ3v) is 1.85. The second kappa shape index (κ2) is 4.31. The Morgan fingerprint density at radius 2 is 2.36 bits per heavy atom. The summed E-state index contributed by atoms with van der Waals surface area (Å²) in [6.07, 6.45) is 0.576. The van der Waals surface area contributed by atoms with Gasteiger partial charge >= 0.3 is 0 Å². The van der Waals surface area contributed by atoms with Gasteiger partial charge in [-0.1, -0.05) is 0 Å². The van der Waals surface area contributed by atoms with Crippen molar-refractivity contribution in [1.29, 1.82) is 0 Å². The van der Waals surface area contributed by atoms with E-state index in [0.717, 1.165) is 19.6 Å². The fourth-order valence-electron chi connectivity index (χ4n) is 0.948. The molecule has 0 bridgehead atoms. The number of carbonyl (C=O) groups is 1. The molecule has 1 aliphatic heterocycles. The molecule has 11 heavy (non-hydrogen) atoms. The molecule has 0 saturated carbocycles. The van der Waals surface area contributed by atoms with Crippen LogP contribution < -0.4 is 16.0 Å². The molecule has 0 unspecified atom stereocenters. The number of hydrogen-bond donors (Lipinski definition) is 3. The minimum absolute atomic E-state index is 0.102. The molecule has 0 atom stereocenters. The Bertz CT molecular complexity index is 134. The van der Waals surface area contributed by atoms with E-state index in [0.29, 0.717) is 12.5 Å². The Kier molecular flexibility index (Phi) is 3.32. The van der Waals surface area contributed by atoms with Crippen LogP contribution in [0.1, 0.15) is 6.42 Å². The first-order valence-electron chi connectivity index (χ1n) is 3.97. The highest BCUT2D eigenvalue weighted by Crippen LogP contribution is 1.89. The minimum Gasteiger partial charge on any atom is -0.359 e. The Balaban J connectivity index is 1.90. The van der Waals surface area contributed by atoms with E-state index < -0.39 is 0 Å². The third kappa shape index (κ3) is 2.86. The lowest BCUT2D eigenvalue weighted by Gasteiger charge is -2.27. The maximum Gasteiger partial charge on any atom is 0.221 e. The van der Waals surface area contributed by atoms with Crippen molar-refractivity contribution in [2.24, 2.45) is 0 Å². The van der Waals surface area contributed by atoms with Crippen LogP contribution in [0.2, 0.25) is 0 Å². The lowest BCUT2D eigenvalue weighted by Crippen LogP contribution is -2.55. The second-order valence-electron chi connectivity index (χ2n) is 2.73. The first kappa shape index (κ1) is 8.49. The first-order valence-corrected chi connectivity index (χ1v) is 3.97. The SMILES string of the molecule is CNC(=O)CCNC1CNC1. The summed E-state index contributed by atoms with van der Waals surface area (Å²) in [7, 11) is 1.66. The number of nitrogens with one attached hydrogen (secondary N) is 3. The lowest BCUT2D eigenvalue weighted by atomic mass is 10.2. The highest BCUT2D eigenvalue weighted by atomic mass is 16.1. The van der Waals surface area contributed by atoms with Crippen molar-refractivity contribution >= 4 is 5.91 Å². The standard InChI is InChI=1S/C7H15N3O/c1-8-7(11)2-3-10-6-4-9-5-6/h6,9-10H,2-5H2,1H3,(H,8,11). The smallest absolute Gasteiger partial charge is 0.221 e. The van der Waals surface area contributed by atoms with Gasteiger partial charge in [0.1, 0.15) is 0 Å². The largest absolute Gasteiger partial charge is 0.359 e. The summed E-state index contributed by atoms with van der Waals surface area (Å²) >= 11 is 0. The van der Waals surface area contributed by atoms with E-state index in [-0.39, 0.29) is 5.91 Å². The topological polar surface area (TPSA) is 53.2 Å². The van der Waals surface area contributed by atoms with Gasteiger partial charge < -0.3 is 16.0 Å². The Labute approximate surface area is 66.7 Å². The van der Waals surface area contributed by atoms with Gasteiger partial charge in [0.05, 0.1) is 0 Å². The van der Waals surface area contributed by atoms with Crippen LogP contribution in [0.5, 0.6) is 0 Å². The second-order valence-corrected chi connectivity index (χ2v) is 2.73. The summed E-state index contributed by atoms with van der Waals surface area (Å²) < 4.78 is 0. The molecule has 64 valence electrons. The van der Waals surface area contributed by atoms with Gasteiger partial charge in [0.25, 0.3) is 0 Å². The van der Waals surface area contributed by atoms with Crippen molar-refractivity contribution in [3.63, 3.8) is 0 Å². The minimum atomic E-state index is 0.102.